The van der Waals surface area contributed by atoms with E-state index in [-0.39, 0.29) is 11.1 Å². The number of aromatic nitrogens is 2. The predicted octanol–water partition coefficient (Wildman–Crippen LogP) is 1.26. The summed E-state index contributed by atoms with van der Waals surface area (Å²) < 4.78 is 5.32. The topological polar surface area (TPSA) is 67.0 Å². The summed E-state index contributed by atoms with van der Waals surface area (Å²) in [7, 11) is 0. The third-order valence-corrected chi connectivity index (χ3v) is 2.20. The molecule has 1 heterocycles. The fourth-order valence-electron chi connectivity index (χ4n) is 1.10. The Morgan fingerprint density at radius 3 is 3.13 bits per heavy atom. The number of H-pyrrole nitrogens is 1. The second-order valence-electron chi connectivity index (χ2n) is 3.07. The first-order valence-electron chi connectivity index (χ1n) is 4.73. The second-order valence-corrected chi connectivity index (χ2v) is 3.45. The lowest BCUT2D eigenvalue weighted by atomic mass is 10.3. The van der Waals surface area contributed by atoms with Crippen LogP contribution in [0.25, 0.3) is 0 Å². The molecule has 1 unspecified atom stereocenters. The van der Waals surface area contributed by atoms with Gasteiger partial charge in [0.1, 0.15) is 5.02 Å². The summed E-state index contributed by atoms with van der Waals surface area (Å²) in [6.45, 7) is 5.10. The molecule has 0 aliphatic rings. The minimum atomic E-state index is -0.397. The molecule has 0 radical (unpaired) electrons. The van der Waals surface area contributed by atoms with Gasteiger partial charge in [0.2, 0.25) is 0 Å². The van der Waals surface area contributed by atoms with Crippen LogP contribution in [0.15, 0.2) is 11.0 Å². The minimum Gasteiger partial charge on any atom is -0.380 e. The molecule has 1 rings (SSSR count). The zero-order chi connectivity index (χ0) is 11.3. The maximum absolute atomic E-state index is 11.1. The van der Waals surface area contributed by atoms with Crippen molar-refractivity contribution in [2.24, 2.45) is 0 Å². The summed E-state index contributed by atoms with van der Waals surface area (Å²) in [5, 5.41) is 9.01. The molecule has 0 saturated carbocycles. The molecule has 1 aromatic rings. The van der Waals surface area contributed by atoms with Gasteiger partial charge in [-0.3, -0.25) is 4.79 Å². The Morgan fingerprint density at radius 2 is 2.47 bits per heavy atom. The molecule has 0 aliphatic heterocycles. The molecule has 0 aliphatic carbocycles. The van der Waals surface area contributed by atoms with Gasteiger partial charge < -0.3 is 10.1 Å². The van der Waals surface area contributed by atoms with Crippen molar-refractivity contribution in [2.45, 2.75) is 20.0 Å². The SMILES string of the molecule is CCOC(C)CNc1cn[nH]c(=O)c1Cl. The normalized spacial score (nSPS) is 12.5. The average molecular weight is 232 g/mol. The van der Waals surface area contributed by atoms with Gasteiger partial charge in [-0.2, -0.15) is 5.10 Å². The number of hydrogen-bond donors (Lipinski definition) is 2. The minimum absolute atomic E-state index is 0.0605. The van der Waals surface area contributed by atoms with Crippen molar-refractivity contribution in [3.8, 4) is 0 Å². The highest BCUT2D eigenvalue weighted by molar-refractivity contribution is 6.32. The van der Waals surface area contributed by atoms with Gasteiger partial charge in [0.05, 0.1) is 18.0 Å². The quantitative estimate of drug-likeness (QED) is 0.801. The Kier molecular flexibility index (Phi) is 4.58. The van der Waals surface area contributed by atoms with Gasteiger partial charge in [0.15, 0.2) is 0 Å². The van der Waals surface area contributed by atoms with Crippen LogP contribution in [0.3, 0.4) is 0 Å². The van der Waals surface area contributed by atoms with Crippen molar-refractivity contribution in [2.75, 3.05) is 18.5 Å². The lowest BCUT2D eigenvalue weighted by molar-refractivity contribution is 0.0855. The van der Waals surface area contributed by atoms with Crippen LogP contribution in [0.1, 0.15) is 13.8 Å². The molecule has 0 fully saturated rings. The summed E-state index contributed by atoms with van der Waals surface area (Å²) in [6, 6.07) is 0. The first-order valence-corrected chi connectivity index (χ1v) is 5.11. The monoisotopic (exact) mass is 231 g/mol. The highest BCUT2D eigenvalue weighted by Gasteiger charge is 2.06. The third kappa shape index (κ3) is 3.53. The van der Waals surface area contributed by atoms with Gasteiger partial charge in [-0.1, -0.05) is 11.6 Å². The van der Waals surface area contributed by atoms with Crippen molar-refractivity contribution in [3.05, 3.63) is 21.6 Å². The van der Waals surface area contributed by atoms with E-state index in [1.54, 1.807) is 0 Å². The Balaban J connectivity index is 2.58. The molecule has 1 atom stereocenters. The lowest BCUT2D eigenvalue weighted by Gasteiger charge is -2.13. The van der Waals surface area contributed by atoms with Gasteiger partial charge in [0.25, 0.3) is 5.56 Å². The van der Waals surface area contributed by atoms with Crippen LogP contribution in [-0.4, -0.2) is 29.5 Å². The largest absolute Gasteiger partial charge is 0.380 e. The van der Waals surface area contributed by atoms with E-state index in [2.05, 4.69) is 15.5 Å². The van der Waals surface area contributed by atoms with E-state index in [0.29, 0.717) is 18.8 Å². The first-order chi connectivity index (χ1) is 7.15. The predicted molar refractivity (Wildman–Crippen MR) is 59.4 cm³/mol. The van der Waals surface area contributed by atoms with Crippen molar-refractivity contribution < 1.29 is 4.74 Å². The molecule has 0 bridgehead atoms. The standard InChI is InChI=1S/C9H14ClN3O2/c1-3-15-6(2)4-11-7-5-12-13-9(14)8(7)10/h5-6H,3-4H2,1-2H3,(H2,11,13,14). The third-order valence-electron chi connectivity index (χ3n) is 1.83. The highest BCUT2D eigenvalue weighted by atomic mass is 35.5. The molecule has 0 saturated heterocycles. The molecule has 0 aromatic carbocycles. The molecule has 0 spiro atoms. The number of nitrogens with one attached hydrogen (secondary N) is 2. The summed E-state index contributed by atoms with van der Waals surface area (Å²) >= 11 is 5.77. The molecular weight excluding hydrogens is 218 g/mol. The molecule has 0 amide bonds. The van der Waals surface area contributed by atoms with E-state index >= 15 is 0 Å². The van der Waals surface area contributed by atoms with Gasteiger partial charge >= 0.3 is 0 Å². The van der Waals surface area contributed by atoms with Crippen LogP contribution in [0.2, 0.25) is 5.02 Å². The van der Waals surface area contributed by atoms with E-state index < -0.39 is 5.56 Å². The van der Waals surface area contributed by atoms with Crippen LogP contribution >= 0.6 is 11.6 Å². The number of hydrogen-bond acceptors (Lipinski definition) is 4. The first kappa shape index (κ1) is 12.0. The molecule has 5 nitrogen and oxygen atoms in total. The van der Waals surface area contributed by atoms with E-state index in [1.807, 2.05) is 13.8 Å². The van der Waals surface area contributed by atoms with Crippen LogP contribution in [0.4, 0.5) is 5.69 Å². The van der Waals surface area contributed by atoms with Crippen LogP contribution < -0.4 is 10.9 Å². The van der Waals surface area contributed by atoms with E-state index in [9.17, 15) is 4.79 Å². The van der Waals surface area contributed by atoms with Crippen molar-refractivity contribution >= 4 is 17.3 Å². The van der Waals surface area contributed by atoms with Crippen molar-refractivity contribution in [3.63, 3.8) is 0 Å². The fraction of sp³-hybridized carbons (Fsp3) is 0.556. The second kappa shape index (κ2) is 5.72. The highest BCUT2D eigenvalue weighted by Crippen LogP contribution is 2.14. The summed E-state index contributed by atoms with van der Waals surface area (Å²) in [5.41, 5.74) is 0.123. The van der Waals surface area contributed by atoms with E-state index in [4.69, 9.17) is 16.3 Å². The number of rotatable bonds is 5. The molecule has 6 heteroatoms. The van der Waals surface area contributed by atoms with Crippen LogP contribution in [0, 0.1) is 0 Å². The number of ether oxygens (including phenoxy) is 1. The summed E-state index contributed by atoms with van der Waals surface area (Å²) in [4.78, 5) is 11.1. The Labute approximate surface area is 92.8 Å². The zero-order valence-corrected chi connectivity index (χ0v) is 9.47. The van der Waals surface area contributed by atoms with E-state index in [1.165, 1.54) is 6.20 Å². The number of aromatic amines is 1. The molecule has 84 valence electrons. The van der Waals surface area contributed by atoms with E-state index in [0.717, 1.165) is 0 Å². The summed E-state index contributed by atoms with van der Waals surface area (Å²) in [6.07, 6.45) is 1.54. The van der Waals surface area contributed by atoms with Crippen molar-refractivity contribution in [1.29, 1.82) is 0 Å². The Bertz CT molecular complexity index is 367. The number of halogens is 1. The number of nitrogens with zero attached hydrogens (tertiary/aromatic N) is 1. The maximum Gasteiger partial charge on any atom is 0.285 e. The smallest absolute Gasteiger partial charge is 0.285 e. The van der Waals surface area contributed by atoms with Crippen molar-refractivity contribution in [1.82, 2.24) is 10.2 Å². The van der Waals surface area contributed by atoms with Gasteiger partial charge in [-0.05, 0) is 13.8 Å². The Hall–Kier alpha value is -1.07. The lowest BCUT2D eigenvalue weighted by Crippen LogP contribution is -2.21. The molecule has 1 aromatic heterocycles. The summed E-state index contributed by atoms with van der Waals surface area (Å²) in [5.74, 6) is 0. The Morgan fingerprint density at radius 1 is 1.73 bits per heavy atom. The van der Waals surface area contributed by atoms with Crippen LogP contribution in [0.5, 0.6) is 0 Å². The molecule has 2 N–H and O–H groups in total. The maximum atomic E-state index is 11.1. The average Bonchev–Trinajstić information content (AvgIpc) is 2.21. The molecular formula is C9H14ClN3O2. The van der Waals surface area contributed by atoms with Gasteiger partial charge in [-0.15, -0.1) is 0 Å². The fourth-order valence-corrected chi connectivity index (χ4v) is 1.26. The van der Waals surface area contributed by atoms with Gasteiger partial charge in [0, 0.05) is 13.2 Å². The molecule has 15 heavy (non-hydrogen) atoms. The number of anilines is 1. The van der Waals surface area contributed by atoms with Crippen LogP contribution in [-0.2, 0) is 4.74 Å². The zero-order valence-electron chi connectivity index (χ0n) is 8.71. The van der Waals surface area contributed by atoms with Gasteiger partial charge in [-0.25, -0.2) is 5.10 Å².